The molecule has 0 unspecified atom stereocenters. The zero-order valence-electron chi connectivity index (χ0n) is 12.6. The number of thiophene rings is 1. The van der Waals surface area contributed by atoms with Gasteiger partial charge in [-0.25, -0.2) is 13.1 Å². The number of methoxy groups -OCH3 is 1. The fraction of sp³-hybridized carbons (Fsp3) is 0.267. The van der Waals surface area contributed by atoms with Gasteiger partial charge >= 0.3 is 0 Å². The highest BCUT2D eigenvalue weighted by atomic mass is 32.2. The summed E-state index contributed by atoms with van der Waals surface area (Å²) in [6, 6.07) is 10.6. The number of rotatable bonds is 8. The van der Waals surface area contributed by atoms with Crippen molar-refractivity contribution in [1.29, 1.82) is 0 Å². The molecule has 2 aromatic rings. The lowest BCUT2D eigenvalue weighted by atomic mass is 10.2. The van der Waals surface area contributed by atoms with Crippen LogP contribution in [0.15, 0.2) is 46.0 Å². The maximum atomic E-state index is 11.9. The minimum absolute atomic E-state index is 0.0536. The van der Waals surface area contributed by atoms with Crippen LogP contribution in [0.1, 0.15) is 12.0 Å². The molecule has 0 atom stereocenters. The van der Waals surface area contributed by atoms with Gasteiger partial charge in [0, 0.05) is 25.1 Å². The molecule has 0 radical (unpaired) electrons. The number of ether oxygens (including phenoxy) is 1. The van der Waals surface area contributed by atoms with Crippen LogP contribution >= 0.6 is 11.3 Å². The largest absolute Gasteiger partial charge is 0.496 e. The highest BCUT2D eigenvalue weighted by Crippen LogP contribution is 2.17. The van der Waals surface area contributed by atoms with Gasteiger partial charge < -0.3 is 10.1 Å². The molecule has 0 bridgehead atoms. The van der Waals surface area contributed by atoms with Gasteiger partial charge in [-0.05, 0) is 17.5 Å². The molecule has 1 aromatic heterocycles. The van der Waals surface area contributed by atoms with E-state index in [1.807, 2.05) is 24.3 Å². The summed E-state index contributed by atoms with van der Waals surface area (Å²) in [6.45, 7) is 0.387. The lowest BCUT2D eigenvalue weighted by Gasteiger charge is -2.09. The maximum absolute atomic E-state index is 11.9. The van der Waals surface area contributed by atoms with Crippen LogP contribution in [-0.4, -0.2) is 28.0 Å². The van der Waals surface area contributed by atoms with Crippen LogP contribution in [0.3, 0.4) is 0 Å². The molecule has 1 aromatic carbocycles. The van der Waals surface area contributed by atoms with Crippen LogP contribution in [-0.2, 0) is 21.4 Å². The molecule has 1 heterocycles. The lowest BCUT2D eigenvalue weighted by molar-refractivity contribution is -0.121. The van der Waals surface area contributed by atoms with Crippen LogP contribution in [0.4, 0.5) is 0 Å². The van der Waals surface area contributed by atoms with Crippen LogP contribution in [0, 0.1) is 0 Å². The van der Waals surface area contributed by atoms with E-state index in [-0.39, 0.29) is 23.1 Å². The van der Waals surface area contributed by atoms with Crippen molar-refractivity contribution in [3.63, 3.8) is 0 Å². The third kappa shape index (κ3) is 5.05. The van der Waals surface area contributed by atoms with E-state index < -0.39 is 10.0 Å². The van der Waals surface area contributed by atoms with E-state index in [0.29, 0.717) is 12.3 Å². The Morgan fingerprint density at radius 3 is 2.70 bits per heavy atom. The summed E-state index contributed by atoms with van der Waals surface area (Å²) in [4.78, 5) is 11.8. The van der Waals surface area contributed by atoms with Crippen LogP contribution in [0.25, 0.3) is 0 Å². The Labute approximate surface area is 139 Å². The first kappa shape index (κ1) is 17.5. The molecule has 23 heavy (non-hydrogen) atoms. The first-order chi connectivity index (χ1) is 11.0. The summed E-state index contributed by atoms with van der Waals surface area (Å²) in [6.07, 6.45) is 0.0692. The molecule has 2 N–H and O–H groups in total. The average molecular weight is 354 g/mol. The fourth-order valence-electron chi connectivity index (χ4n) is 1.92. The Bertz CT molecular complexity index is 743. The summed E-state index contributed by atoms with van der Waals surface area (Å²) >= 11 is 1.14. The van der Waals surface area contributed by atoms with Crippen molar-refractivity contribution in [2.24, 2.45) is 0 Å². The van der Waals surface area contributed by atoms with Crippen molar-refractivity contribution in [3.8, 4) is 5.75 Å². The molecule has 0 aliphatic rings. The van der Waals surface area contributed by atoms with Gasteiger partial charge in [-0.2, -0.15) is 0 Å². The molecule has 8 heteroatoms. The average Bonchev–Trinajstić information content (AvgIpc) is 3.08. The minimum Gasteiger partial charge on any atom is -0.496 e. The molecule has 124 valence electrons. The number of amides is 1. The van der Waals surface area contributed by atoms with Gasteiger partial charge in [-0.15, -0.1) is 11.3 Å². The van der Waals surface area contributed by atoms with Gasteiger partial charge in [0.15, 0.2) is 0 Å². The Morgan fingerprint density at radius 2 is 2.00 bits per heavy atom. The number of nitrogens with one attached hydrogen (secondary N) is 2. The maximum Gasteiger partial charge on any atom is 0.250 e. The molecular weight excluding hydrogens is 336 g/mol. The quantitative estimate of drug-likeness (QED) is 0.756. The SMILES string of the molecule is COc1ccccc1CNC(=O)CCNS(=O)(=O)c1cccs1. The minimum atomic E-state index is -3.52. The first-order valence-electron chi connectivity index (χ1n) is 6.94. The predicted molar refractivity (Wildman–Crippen MR) is 89.0 cm³/mol. The number of sulfonamides is 1. The van der Waals surface area contributed by atoms with Gasteiger partial charge in [0.05, 0.1) is 7.11 Å². The molecule has 1 amide bonds. The summed E-state index contributed by atoms with van der Waals surface area (Å²) in [5.41, 5.74) is 0.863. The van der Waals surface area contributed by atoms with E-state index in [1.165, 1.54) is 6.07 Å². The predicted octanol–water partition coefficient (Wildman–Crippen LogP) is 1.74. The number of benzene rings is 1. The lowest BCUT2D eigenvalue weighted by Crippen LogP contribution is -2.30. The summed E-state index contributed by atoms with van der Waals surface area (Å²) in [7, 11) is -1.95. The molecular formula is C15H18N2O4S2. The van der Waals surface area contributed by atoms with Crippen LogP contribution in [0.5, 0.6) is 5.75 Å². The number of carbonyl (C=O) groups is 1. The van der Waals surface area contributed by atoms with Crippen LogP contribution in [0.2, 0.25) is 0 Å². The molecule has 0 aliphatic carbocycles. The van der Waals surface area contributed by atoms with E-state index in [2.05, 4.69) is 10.0 Å². The normalized spacial score (nSPS) is 11.2. The Morgan fingerprint density at radius 1 is 1.22 bits per heavy atom. The monoisotopic (exact) mass is 354 g/mol. The summed E-state index contributed by atoms with van der Waals surface area (Å²) in [5.74, 6) is 0.469. The summed E-state index contributed by atoms with van der Waals surface area (Å²) in [5, 5.41) is 4.43. The number of para-hydroxylation sites is 1. The molecule has 0 aliphatic heterocycles. The van der Waals surface area contributed by atoms with E-state index in [0.717, 1.165) is 16.9 Å². The van der Waals surface area contributed by atoms with Gasteiger partial charge in [-0.3, -0.25) is 4.79 Å². The van der Waals surface area contributed by atoms with Crippen molar-refractivity contribution < 1.29 is 17.9 Å². The molecule has 0 fully saturated rings. The second-order valence-corrected chi connectivity index (χ2v) is 7.61. The molecule has 0 saturated carbocycles. The molecule has 2 rings (SSSR count). The van der Waals surface area contributed by atoms with E-state index in [1.54, 1.807) is 18.6 Å². The van der Waals surface area contributed by atoms with Crippen molar-refractivity contribution in [2.75, 3.05) is 13.7 Å². The van der Waals surface area contributed by atoms with E-state index >= 15 is 0 Å². The van der Waals surface area contributed by atoms with Gasteiger partial charge in [0.1, 0.15) is 9.96 Å². The van der Waals surface area contributed by atoms with E-state index in [4.69, 9.17) is 4.74 Å². The first-order valence-corrected chi connectivity index (χ1v) is 9.31. The van der Waals surface area contributed by atoms with Crippen molar-refractivity contribution >= 4 is 27.3 Å². The topological polar surface area (TPSA) is 84.5 Å². The zero-order valence-corrected chi connectivity index (χ0v) is 14.2. The van der Waals surface area contributed by atoms with Crippen molar-refractivity contribution in [1.82, 2.24) is 10.0 Å². The van der Waals surface area contributed by atoms with Gasteiger partial charge in [0.25, 0.3) is 0 Å². The molecule has 0 saturated heterocycles. The Balaban J connectivity index is 1.78. The third-order valence-corrected chi connectivity index (χ3v) is 5.93. The summed E-state index contributed by atoms with van der Waals surface area (Å²) < 4.78 is 31.6. The molecule has 6 nitrogen and oxygen atoms in total. The third-order valence-electron chi connectivity index (χ3n) is 3.07. The van der Waals surface area contributed by atoms with Gasteiger partial charge in [-0.1, -0.05) is 24.3 Å². The number of hydrogen-bond donors (Lipinski definition) is 2. The molecule has 0 spiro atoms. The zero-order chi connectivity index (χ0) is 16.7. The van der Waals surface area contributed by atoms with Crippen molar-refractivity contribution in [3.05, 3.63) is 47.3 Å². The fourth-order valence-corrected chi connectivity index (χ4v) is 3.99. The Kier molecular flexibility index (Phi) is 6.14. The Hall–Kier alpha value is -1.90. The highest BCUT2D eigenvalue weighted by molar-refractivity contribution is 7.91. The smallest absolute Gasteiger partial charge is 0.250 e. The number of carbonyl (C=O) groups excluding carboxylic acids is 1. The van der Waals surface area contributed by atoms with Crippen LogP contribution < -0.4 is 14.8 Å². The highest BCUT2D eigenvalue weighted by Gasteiger charge is 2.15. The second-order valence-electron chi connectivity index (χ2n) is 4.67. The van der Waals surface area contributed by atoms with E-state index in [9.17, 15) is 13.2 Å². The number of hydrogen-bond acceptors (Lipinski definition) is 5. The second kappa shape index (κ2) is 8.09. The standard InChI is InChI=1S/C15H18N2O4S2/c1-21-13-6-3-2-5-12(13)11-16-14(18)8-9-17-23(19,20)15-7-4-10-22-15/h2-7,10,17H,8-9,11H2,1H3,(H,16,18). The van der Waals surface area contributed by atoms with Crippen molar-refractivity contribution in [2.45, 2.75) is 17.2 Å². The van der Waals surface area contributed by atoms with Gasteiger partial charge in [0.2, 0.25) is 15.9 Å².